The second kappa shape index (κ2) is 6.90. The molecular weight excluding hydrogens is 312 g/mol. The van der Waals surface area contributed by atoms with Crippen LogP contribution >= 0.6 is 11.6 Å². The van der Waals surface area contributed by atoms with Crippen LogP contribution in [0.5, 0.6) is 0 Å². The van der Waals surface area contributed by atoms with Gasteiger partial charge in [-0.3, -0.25) is 0 Å². The molecule has 0 heterocycles. The Labute approximate surface area is 142 Å². The Kier molecular flexibility index (Phi) is 5.33. The van der Waals surface area contributed by atoms with Crippen molar-refractivity contribution in [3.63, 3.8) is 0 Å². The molecule has 0 aliphatic rings. The highest BCUT2D eigenvalue weighted by Crippen LogP contribution is 2.37. The molecular formula is C19H23ClO3. The van der Waals surface area contributed by atoms with Gasteiger partial charge in [-0.1, -0.05) is 41.9 Å². The van der Waals surface area contributed by atoms with Gasteiger partial charge in [-0.25, -0.2) is 4.79 Å². The average Bonchev–Trinajstić information content (AvgIpc) is 2.45. The van der Waals surface area contributed by atoms with Gasteiger partial charge in [0.25, 0.3) is 0 Å². The minimum absolute atomic E-state index is 0.299. The highest BCUT2D eigenvalue weighted by molar-refractivity contribution is 6.36. The molecule has 4 heteroatoms. The maximum atomic E-state index is 12.5. The van der Waals surface area contributed by atoms with E-state index in [1.165, 1.54) is 0 Å². The molecule has 2 aromatic carbocycles. The standard InChI is InChI=1S/C19H23ClO3/c1-6-22-18(21)17(23-19(3,4)5)15-12(2)11-13-9-7-8-10-14(13)16(15)20/h7-11,17H,6H2,1-5H3/t17-/m0/s1. The topological polar surface area (TPSA) is 35.5 Å². The summed E-state index contributed by atoms with van der Waals surface area (Å²) in [5.41, 5.74) is 1.09. The molecule has 0 aromatic heterocycles. The van der Waals surface area contributed by atoms with E-state index >= 15 is 0 Å². The van der Waals surface area contributed by atoms with E-state index in [-0.39, 0.29) is 0 Å². The fourth-order valence-electron chi connectivity index (χ4n) is 2.57. The molecule has 0 aliphatic carbocycles. The van der Waals surface area contributed by atoms with Crippen LogP contribution in [-0.2, 0) is 14.3 Å². The SMILES string of the molecule is CCOC(=O)[C@@H](OC(C)(C)C)c1c(C)cc2ccccc2c1Cl. The van der Waals surface area contributed by atoms with Gasteiger partial charge in [0.15, 0.2) is 6.10 Å². The summed E-state index contributed by atoms with van der Waals surface area (Å²) in [7, 11) is 0. The highest BCUT2D eigenvalue weighted by atomic mass is 35.5. The van der Waals surface area contributed by atoms with Crippen molar-refractivity contribution in [1.82, 2.24) is 0 Å². The van der Waals surface area contributed by atoms with Crippen molar-refractivity contribution >= 4 is 28.3 Å². The number of hydrogen-bond acceptors (Lipinski definition) is 3. The molecule has 0 saturated carbocycles. The average molecular weight is 335 g/mol. The van der Waals surface area contributed by atoms with Gasteiger partial charge in [0, 0.05) is 10.9 Å². The smallest absolute Gasteiger partial charge is 0.340 e. The Morgan fingerprint density at radius 1 is 1.26 bits per heavy atom. The Bertz CT molecular complexity index is 716. The van der Waals surface area contributed by atoms with Gasteiger partial charge >= 0.3 is 5.97 Å². The second-order valence-corrected chi connectivity index (χ2v) is 6.88. The molecule has 23 heavy (non-hydrogen) atoms. The Hall–Kier alpha value is -1.58. The Morgan fingerprint density at radius 3 is 2.52 bits per heavy atom. The van der Waals surface area contributed by atoms with Crippen molar-refractivity contribution in [3.8, 4) is 0 Å². The normalized spacial score (nSPS) is 13.1. The molecule has 0 saturated heterocycles. The van der Waals surface area contributed by atoms with E-state index < -0.39 is 17.7 Å². The molecule has 3 nitrogen and oxygen atoms in total. The van der Waals surface area contributed by atoms with Crippen LogP contribution in [-0.4, -0.2) is 18.2 Å². The van der Waals surface area contributed by atoms with Gasteiger partial charge in [-0.15, -0.1) is 0 Å². The highest BCUT2D eigenvalue weighted by Gasteiger charge is 2.31. The van der Waals surface area contributed by atoms with Gasteiger partial charge in [0.2, 0.25) is 0 Å². The van der Waals surface area contributed by atoms with Crippen LogP contribution in [0.3, 0.4) is 0 Å². The first-order valence-electron chi connectivity index (χ1n) is 7.76. The van der Waals surface area contributed by atoms with Gasteiger partial charge in [0.05, 0.1) is 17.2 Å². The number of aryl methyl sites for hydroxylation is 1. The molecule has 0 bridgehead atoms. The number of benzene rings is 2. The molecule has 0 N–H and O–H groups in total. The van der Waals surface area contributed by atoms with E-state index in [4.69, 9.17) is 21.1 Å². The fourth-order valence-corrected chi connectivity index (χ4v) is 2.99. The fraction of sp³-hybridized carbons (Fsp3) is 0.421. The zero-order valence-electron chi connectivity index (χ0n) is 14.3. The van der Waals surface area contributed by atoms with Crippen molar-refractivity contribution in [1.29, 1.82) is 0 Å². The lowest BCUT2D eigenvalue weighted by Gasteiger charge is -2.28. The maximum absolute atomic E-state index is 12.5. The first kappa shape index (κ1) is 17.8. The van der Waals surface area contributed by atoms with Crippen molar-refractivity contribution < 1.29 is 14.3 Å². The first-order chi connectivity index (χ1) is 10.7. The Morgan fingerprint density at radius 2 is 1.91 bits per heavy atom. The lowest BCUT2D eigenvalue weighted by Crippen LogP contribution is -2.29. The Balaban J connectivity index is 2.62. The summed E-state index contributed by atoms with van der Waals surface area (Å²) in [5.74, 6) is -0.414. The summed E-state index contributed by atoms with van der Waals surface area (Å²) in [5, 5.41) is 2.49. The summed E-state index contributed by atoms with van der Waals surface area (Å²) in [6.45, 7) is 9.73. The van der Waals surface area contributed by atoms with E-state index in [9.17, 15) is 4.79 Å². The number of carbonyl (C=O) groups is 1. The van der Waals surface area contributed by atoms with Crippen LogP contribution in [0.15, 0.2) is 30.3 Å². The monoisotopic (exact) mass is 334 g/mol. The van der Waals surface area contributed by atoms with Crippen molar-refractivity contribution in [3.05, 3.63) is 46.5 Å². The third-order valence-corrected chi connectivity index (χ3v) is 3.87. The molecule has 2 aromatic rings. The predicted molar refractivity (Wildman–Crippen MR) is 93.9 cm³/mol. The number of rotatable bonds is 4. The number of ether oxygens (including phenoxy) is 2. The van der Waals surface area contributed by atoms with E-state index in [0.717, 1.165) is 16.3 Å². The molecule has 0 spiro atoms. The van der Waals surface area contributed by atoms with Crippen molar-refractivity contribution in [2.24, 2.45) is 0 Å². The van der Waals surface area contributed by atoms with E-state index in [1.807, 2.05) is 58.0 Å². The zero-order chi connectivity index (χ0) is 17.2. The largest absolute Gasteiger partial charge is 0.464 e. The van der Waals surface area contributed by atoms with Crippen molar-refractivity contribution in [2.75, 3.05) is 6.61 Å². The van der Waals surface area contributed by atoms with Gasteiger partial charge in [0.1, 0.15) is 0 Å². The summed E-state index contributed by atoms with van der Waals surface area (Å²) in [4.78, 5) is 12.5. The lowest BCUT2D eigenvalue weighted by atomic mass is 9.97. The number of fused-ring (bicyclic) bond motifs is 1. The summed E-state index contributed by atoms with van der Waals surface area (Å²) < 4.78 is 11.2. The molecule has 0 unspecified atom stereocenters. The lowest BCUT2D eigenvalue weighted by molar-refractivity contribution is -0.166. The quantitative estimate of drug-likeness (QED) is 0.719. The predicted octanol–water partition coefficient (Wildman–Crippen LogP) is 5.22. The number of carbonyl (C=O) groups excluding carboxylic acids is 1. The van der Waals surface area contributed by atoms with Crippen LogP contribution < -0.4 is 0 Å². The van der Waals surface area contributed by atoms with Crippen LogP contribution in [0.2, 0.25) is 5.02 Å². The maximum Gasteiger partial charge on any atom is 0.340 e. The molecule has 124 valence electrons. The molecule has 0 amide bonds. The zero-order valence-corrected chi connectivity index (χ0v) is 15.0. The minimum atomic E-state index is -0.841. The van der Waals surface area contributed by atoms with Crippen LogP contribution in [0.25, 0.3) is 10.8 Å². The van der Waals surface area contributed by atoms with E-state index in [2.05, 4.69) is 0 Å². The molecule has 0 fully saturated rings. The van der Waals surface area contributed by atoms with Crippen molar-refractivity contribution in [2.45, 2.75) is 46.3 Å². The molecule has 0 aliphatic heterocycles. The first-order valence-corrected chi connectivity index (χ1v) is 8.14. The van der Waals surface area contributed by atoms with Crippen LogP contribution in [0.4, 0.5) is 0 Å². The number of esters is 1. The summed E-state index contributed by atoms with van der Waals surface area (Å²) >= 11 is 6.63. The van der Waals surface area contributed by atoms with E-state index in [0.29, 0.717) is 17.2 Å². The van der Waals surface area contributed by atoms with Gasteiger partial charge < -0.3 is 9.47 Å². The molecule has 1 atom stereocenters. The molecule has 0 radical (unpaired) electrons. The van der Waals surface area contributed by atoms with Gasteiger partial charge in [-0.05, 0) is 45.6 Å². The minimum Gasteiger partial charge on any atom is -0.464 e. The summed E-state index contributed by atoms with van der Waals surface area (Å²) in [6.07, 6.45) is -0.841. The second-order valence-electron chi connectivity index (χ2n) is 6.50. The molecule has 2 rings (SSSR count). The third kappa shape index (κ3) is 4.04. The van der Waals surface area contributed by atoms with Crippen LogP contribution in [0.1, 0.15) is 44.9 Å². The van der Waals surface area contributed by atoms with Gasteiger partial charge in [-0.2, -0.15) is 0 Å². The number of halogens is 1. The van der Waals surface area contributed by atoms with Crippen LogP contribution in [0, 0.1) is 6.92 Å². The number of hydrogen-bond donors (Lipinski definition) is 0. The van der Waals surface area contributed by atoms with E-state index in [1.54, 1.807) is 6.92 Å². The third-order valence-electron chi connectivity index (χ3n) is 3.46. The summed E-state index contributed by atoms with van der Waals surface area (Å²) in [6, 6.07) is 9.86.